The lowest BCUT2D eigenvalue weighted by Crippen LogP contribution is -2.44. The first kappa shape index (κ1) is 21.7. The molecule has 0 aliphatic carbocycles. The van der Waals surface area contributed by atoms with Gasteiger partial charge in [-0.2, -0.15) is 4.57 Å². The topological polar surface area (TPSA) is 96.3 Å². The van der Waals surface area contributed by atoms with Crippen LogP contribution in [-0.2, 0) is 12.8 Å². The Morgan fingerprint density at radius 2 is 1.72 bits per heavy atom. The quantitative estimate of drug-likeness (QED) is 0.293. The number of aromatic nitrogens is 2. The normalized spacial score (nSPS) is 14.6. The van der Waals surface area contributed by atoms with Crippen LogP contribution in [0.15, 0.2) is 100 Å². The van der Waals surface area contributed by atoms with Crippen LogP contribution < -0.4 is 15.5 Å². The Morgan fingerprint density at radius 1 is 0.917 bits per heavy atom. The van der Waals surface area contributed by atoms with Crippen molar-refractivity contribution in [1.82, 2.24) is 4.98 Å². The summed E-state index contributed by atoms with van der Waals surface area (Å²) in [5, 5.41) is 13.9. The van der Waals surface area contributed by atoms with Crippen LogP contribution in [0.5, 0.6) is 5.75 Å². The molecule has 7 nitrogen and oxygen atoms in total. The van der Waals surface area contributed by atoms with Crippen molar-refractivity contribution in [3.05, 3.63) is 118 Å². The van der Waals surface area contributed by atoms with Gasteiger partial charge in [-0.1, -0.05) is 36.4 Å². The van der Waals surface area contributed by atoms with Crippen molar-refractivity contribution in [2.24, 2.45) is 0 Å². The summed E-state index contributed by atoms with van der Waals surface area (Å²) in [4.78, 5) is 29.9. The number of phenols is 1. The highest BCUT2D eigenvalue weighted by Crippen LogP contribution is 2.26. The molecule has 7 heteroatoms. The molecule has 1 unspecified atom stereocenters. The van der Waals surface area contributed by atoms with Gasteiger partial charge in [0.1, 0.15) is 28.9 Å². The molecule has 176 valence electrons. The van der Waals surface area contributed by atoms with Crippen molar-refractivity contribution >= 4 is 22.7 Å². The molecule has 5 aromatic rings. The molecule has 1 aliphatic rings. The van der Waals surface area contributed by atoms with E-state index in [1.807, 2.05) is 42.5 Å². The second-order valence-corrected chi connectivity index (χ2v) is 8.87. The lowest BCUT2D eigenvalue weighted by Gasteiger charge is -2.07. The Hall–Kier alpha value is -4.78. The minimum absolute atomic E-state index is 0.0681. The van der Waals surface area contributed by atoms with E-state index in [0.29, 0.717) is 29.9 Å². The maximum Gasteiger partial charge on any atom is 0.359 e. The number of hydrogen-bond acceptors (Lipinski definition) is 6. The third-order valence-electron chi connectivity index (χ3n) is 6.37. The molecule has 6 rings (SSSR count). The van der Waals surface area contributed by atoms with Crippen LogP contribution in [0.1, 0.15) is 21.6 Å². The molecule has 3 heterocycles. The molecule has 0 bridgehead atoms. The molecular formula is C29H22N3O4+. The number of benzene rings is 3. The van der Waals surface area contributed by atoms with Gasteiger partial charge in [0.15, 0.2) is 6.04 Å². The maximum atomic E-state index is 13.5. The van der Waals surface area contributed by atoms with Gasteiger partial charge in [-0.25, -0.2) is 14.6 Å². The third kappa shape index (κ3) is 4.11. The number of phenolic OH excluding ortho intramolecular Hbond substituents is 1. The van der Waals surface area contributed by atoms with E-state index in [1.54, 1.807) is 47.2 Å². The molecule has 2 aromatic heterocycles. The largest absolute Gasteiger partial charge is 0.508 e. The third-order valence-corrected chi connectivity index (χ3v) is 6.37. The molecule has 36 heavy (non-hydrogen) atoms. The van der Waals surface area contributed by atoms with Crippen LogP contribution in [0.25, 0.3) is 22.2 Å². The van der Waals surface area contributed by atoms with Gasteiger partial charge in [0.2, 0.25) is 0 Å². The van der Waals surface area contributed by atoms with Gasteiger partial charge < -0.3 is 9.52 Å². The minimum atomic E-state index is -0.468. The summed E-state index contributed by atoms with van der Waals surface area (Å²) in [5.74, 6) is 0.786. The van der Waals surface area contributed by atoms with E-state index < -0.39 is 11.7 Å². The van der Waals surface area contributed by atoms with Crippen molar-refractivity contribution < 1.29 is 18.9 Å². The molecule has 2 N–H and O–H groups in total. The maximum absolute atomic E-state index is 13.5. The average Bonchev–Trinajstić information content (AvgIpc) is 3.20. The molecule has 1 aliphatic heterocycles. The van der Waals surface area contributed by atoms with E-state index in [0.717, 1.165) is 27.8 Å². The van der Waals surface area contributed by atoms with Crippen LogP contribution in [-0.4, -0.2) is 22.0 Å². The van der Waals surface area contributed by atoms with E-state index in [9.17, 15) is 14.7 Å². The molecule has 0 amide bonds. The smallest absolute Gasteiger partial charge is 0.359 e. The number of anilines is 1. The average molecular weight is 477 g/mol. The van der Waals surface area contributed by atoms with Crippen molar-refractivity contribution in [3.8, 4) is 17.0 Å². The lowest BCUT2D eigenvalue weighted by atomic mass is 10.0. The van der Waals surface area contributed by atoms with Gasteiger partial charge in [-0.3, -0.25) is 5.32 Å². The molecule has 0 radical (unpaired) electrons. The first-order valence-electron chi connectivity index (χ1n) is 11.7. The van der Waals surface area contributed by atoms with Crippen LogP contribution in [0, 0.1) is 0 Å². The summed E-state index contributed by atoms with van der Waals surface area (Å²) in [6, 6.07) is 25.0. The number of carbonyl (C=O) groups is 1. The van der Waals surface area contributed by atoms with Crippen LogP contribution in [0.3, 0.4) is 0 Å². The van der Waals surface area contributed by atoms with Crippen molar-refractivity contribution in [2.75, 3.05) is 5.32 Å². The van der Waals surface area contributed by atoms with Crippen molar-refractivity contribution in [3.63, 3.8) is 0 Å². The highest BCUT2D eigenvalue weighted by Gasteiger charge is 2.41. The van der Waals surface area contributed by atoms with Gasteiger partial charge in [0.25, 0.3) is 0 Å². The van der Waals surface area contributed by atoms with Gasteiger partial charge in [-0.05, 0) is 53.6 Å². The van der Waals surface area contributed by atoms with E-state index in [-0.39, 0.29) is 11.7 Å². The molecular weight excluding hydrogens is 454 g/mol. The lowest BCUT2D eigenvalue weighted by molar-refractivity contribution is -0.552. The summed E-state index contributed by atoms with van der Waals surface area (Å²) < 4.78 is 6.88. The monoisotopic (exact) mass is 476 g/mol. The summed E-state index contributed by atoms with van der Waals surface area (Å²) in [7, 11) is 0. The zero-order valence-electron chi connectivity index (χ0n) is 19.2. The summed E-state index contributed by atoms with van der Waals surface area (Å²) in [6.07, 6.45) is 2.78. The second-order valence-electron chi connectivity index (χ2n) is 8.87. The number of fused-ring (bicyclic) bond motifs is 2. The zero-order chi connectivity index (χ0) is 24.6. The van der Waals surface area contributed by atoms with Gasteiger partial charge in [0, 0.05) is 29.9 Å². The number of carbonyl (C=O) groups excluding carboxylic acids is 1. The number of nitrogens with zero attached hydrogens (tertiary/aromatic N) is 2. The van der Waals surface area contributed by atoms with E-state index in [4.69, 9.17) is 9.40 Å². The Labute approximate surface area is 206 Å². The van der Waals surface area contributed by atoms with Gasteiger partial charge in [-0.15, -0.1) is 0 Å². The predicted molar refractivity (Wildman–Crippen MR) is 135 cm³/mol. The molecule has 0 saturated carbocycles. The van der Waals surface area contributed by atoms with E-state index >= 15 is 0 Å². The van der Waals surface area contributed by atoms with E-state index in [2.05, 4.69) is 5.32 Å². The predicted octanol–water partition coefficient (Wildman–Crippen LogP) is 4.12. The fourth-order valence-corrected chi connectivity index (χ4v) is 4.58. The summed E-state index contributed by atoms with van der Waals surface area (Å²) in [5.41, 5.74) is 4.39. The Morgan fingerprint density at radius 3 is 2.53 bits per heavy atom. The SMILES string of the molecule is O=C1C(Cc2ccc3oc(=O)ccc3c2)Nc2c(Cc3ccccc3)nc(-c3ccc(O)cc3)c[n+]21. The second kappa shape index (κ2) is 8.78. The Bertz CT molecular complexity index is 1660. The highest BCUT2D eigenvalue weighted by molar-refractivity contribution is 5.83. The highest BCUT2D eigenvalue weighted by atomic mass is 16.4. The molecule has 1 atom stereocenters. The van der Waals surface area contributed by atoms with E-state index in [1.165, 1.54) is 6.07 Å². The standard InChI is InChI=1S/C29H21N3O4/c33-22-10-7-20(8-11-22)25-17-32-28(23(30-25)15-18-4-2-1-3-5-18)31-24(29(32)35)16-19-6-12-26-21(14-19)9-13-27(34)36-26/h1-14,17,24,33H,15-16H2/p+1. The Kier molecular flexibility index (Phi) is 5.30. The van der Waals surface area contributed by atoms with Gasteiger partial charge >= 0.3 is 17.4 Å². The first-order chi connectivity index (χ1) is 17.5. The van der Waals surface area contributed by atoms with Crippen molar-refractivity contribution in [2.45, 2.75) is 18.9 Å². The summed E-state index contributed by atoms with van der Waals surface area (Å²) in [6.45, 7) is 0. The van der Waals surface area contributed by atoms with Crippen molar-refractivity contribution in [1.29, 1.82) is 0 Å². The molecule has 0 fully saturated rings. The first-order valence-corrected chi connectivity index (χ1v) is 11.7. The fourth-order valence-electron chi connectivity index (χ4n) is 4.58. The number of rotatable bonds is 5. The summed E-state index contributed by atoms with van der Waals surface area (Å²) >= 11 is 0. The number of nitrogens with one attached hydrogen (secondary N) is 1. The number of hydrogen-bond donors (Lipinski definition) is 2. The fraction of sp³-hybridized carbons (Fsp3) is 0.103. The van der Waals surface area contributed by atoms with Gasteiger partial charge in [0.05, 0.1) is 0 Å². The van der Waals surface area contributed by atoms with Crippen LogP contribution in [0.4, 0.5) is 5.82 Å². The zero-order valence-corrected chi connectivity index (χ0v) is 19.2. The molecule has 0 spiro atoms. The number of aromatic hydroxyl groups is 1. The molecule has 3 aromatic carbocycles. The Balaban J connectivity index is 1.37. The minimum Gasteiger partial charge on any atom is -0.508 e. The van der Waals surface area contributed by atoms with Crippen LogP contribution in [0.2, 0.25) is 0 Å². The molecule has 0 saturated heterocycles. The van der Waals surface area contributed by atoms with Crippen LogP contribution >= 0.6 is 0 Å².